The van der Waals surface area contributed by atoms with E-state index < -0.39 is 0 Å². The van der Waals surface area contributed by atoms with Gasteiger partial charge >= 0.3 is 0 Å². The van der Waals surface area contributed by atoms with Crippen LogP contribution in [0.5, 0.6) is 0 Å². The lowest BCUT2D eigenvalue weighted by Gasteiger charge is -2.31. The number of carbonyl (C=O) groups excluding carboxylic acids is 2. The fourth-order valence-corrected chi connectivity index (χ4v) is 2.46. The highest BCUT2D eigenvalue weighted by Gasteiger charge is 2.34. The number of hydrogen-bond donors (Lipinski definition) is 0. The Labute approximate surface area is 95.9 Å². The minimum atomic E-state index is -0.00237. The molecule has 2 fully saturated rings. The van der Waals surface area contributed by atoms with Crippen LogP contribution in [0.15, 0.2) is 0 Å². The summed E-state index contributed by atoms with van der Waals surface area (Å²) < 4.78 is 5.41. The van der Waals surface area contributed by atoms with Crippen molar-refractivity contribution in [3.8, 4) is 0 Å². The fraction of sp³-hybridized carbons (Fsp3) is 0.833. The second-order valence-electron chi connectivity index (χ2n) is 4.98. The van der Waals surface area contributed by atoms with Crippen molar-refractivity contribution in [3.05, 3.63) is 0 Å². The molecule has 0 bridgehead atoms. The van der Waals surface area contributed by atoms with Gasteiger partial charge in [-0.25, -0.2) is 0 Å². The Morgan fingerprint density at radius 1 is 1.44 bits per heavy atom. The average molecular weight is 225 g/mol. The summed E-state index contributed by atoms with van der Waals surface area (Å²) in [6.45, 7) is 5.61. The van der Waals surface area contributed by atoms with Gasteiger partial charge in [0.1, 0.15) is 5.78 Å². The standard InChI is InChI=1S/C12H19NO3/c1-8-6-13(4-3-11(8)14)12(15)10-5-9(2)16-7-10/h8-10H,3-7H2,1-2H3. The number of Topliss-reactive ketones (excluding diaryl/α,β-unsaturated/α-hetero) is 1. The van der Waals surface area contributed by atoms with Crippen molar-refractivity contribution in [1.29, 1.82) is 0 Å². The van der Waals surface area contributed by atoms with Crippen LogP contribution in [0.3, 0.4) is 0 Å². The number of piperidine rings is 1. The highest BCUT2D eigenvalue weighted by molar-refractivity contribution is 5.86. The van der Waals surface area contributed by atoms with Gasteiger partial charge in [0.05, 0.1) is 18.6 Å². The molecule has 3 atom stereocenters. The monoisotopic (exact) mass is 225 g/mol. The first-order valence-electron chi connectivity index (χ1n) is 6.01. The summed E-state index contributed by atoms with van der Waals surface area (Å²) >= 11 is 0. The largest absolute Gasteiger partial charge is 0.378 e. The Morgan fingerprint density at radius 3 is 2.75 bits per heavy atom. The van der Waals surface area contributed by atoms with Crippen molar-refractivity contribution >= 4 is 11.7 Å². The Kier molecular flexibility index (Phi) is 3.28. The van der Waals surface area contributed by atoms with Crippen LogP contribution in [0, 0.1) is 11.8 Å². The lowest BCUT2D eigenvalue weighted by Crippen LogP contribution is -2.45. The Morgan fingerprint density at radius 2 is 2.19 bits per heavy atom. The molecule has 0 aromatic heterocycles. The number of amides is 1. The van der Waals surface area contributed by atoms with Gasteiger partial charge in [-0.3, -0.25) is 9.59 Å². The number of likely N-dealkylation sites (tertiary alicyclic amines) is 1. The third-order valence-electron chi connectivity index (χ3n) is 3.53. The van der Waals surface area contributed by atoms with Gasteiger partial charge in [-0.15, -0.1) is 0 Å². The van der Waals surface area contributed by atoms with E-state index in [-0.39, 0.29) is 29.6 Å². The number of hydrogen-bond acceptors (Lipinski definition) is 3. The molecule has 2 saturated heterocycles. The molecule has 0 spiro atoms. The molecule has 90 valence electrons. The molecule has 1 amide bonds. The molecule has 2 aliphatic rings. The van der Waals surface area contributed by atoms with Crippen LogP contribution < -0.4 is 0 Å². The van der Waals surface area contributed by atoms with Crippen molar-refractivity contribution in [1.82, 2.24) is 4.90 Å². The predicted octanol–water partition coefficient (Wildman–Crippen LogP) is 0.849. The van der Waals surface area contributed by atoms with E-state index in [4.69, 9.17) is 4.74 Å². The minimum Gasteiger partial charge on any atom is -0.378 e. The smallest absolute Gasteiger partial charge is 0.228 e. The molecule has 2 heterocycles. The maximum absolute atomic E-state index is 12.1. The SMILES string of the molecule is CC1CC(C(=O)N2CCC(=O)C(C)C2)CO1. The molecule has 0 radical (unpaired) electrons. The van der Waals surface area contributed by atoms with E-state index in [0.29, 0.717) is 26.1 Å². The van der Waals surface area contributed by atoms with E-state index in [1.165, 1.54) is 0 Å². The molecular weight excluding hydrogens is 206 g/mol. The molecule has 0 saturated carbocycles. The number of carbonyl (C=O) groups is 2. The molecule has 0 aliphatic carbocycles. The van der Waals surface area contributed by atoms with Gasteiger partial charge < -0.3 is 9.64 Å². The summed E-state index contributed by atoms with van der Waals surface area (Å²) in [5, 5.41) is 0. The Bertz CT molecular complexity index is 303. The molecule has 16 heavy (non-hydrogen) atoms. The first kappa shape index (κ1) is 11.6. The highest BCUT2D eigenvalue weighted by Crippen LogP contribution is 2.23. The lowest BCUT2D eigenvalue weighted by molar-refractivity contribution is -0.140. The third kappa shape index (κ3) is 2.26. The van der Waals surface area contributed by atoms with E-state index >= 15 is 0 Å². The van der Waals surface area contributed by atoms with Crippen LogP contribution in [0.4, 0.5) is 0 Å². The molecule has 4 heteroatoms. The molecular formula is C12H19NO3. The van der Waals surface area contributed by atoms with Crippen LogP contribution >= 0.6 is 0 Å². The van der Waals surface area contributed by atoms with Crippen LogP contribution in [-0.4, -0.2) is 42.4 Å². The molecule has 2 rings (SSSR count). The van der Waals surface area contributed by atoms with Crippen molar-refractivity contribution in [2.24, 2.45) is 11.8 Å². The quantitative estimate of drug-likeness (QED) is 0.664. The van der Waals surface area contributed by atoms with Crippen molar-refractivity contribution in [3.63, 3.8) is 0 Å². The average Bonchev–Trinajstić information content (AvgIpc) is 2.68. The predicted molar refractivity (Wildman–Crippen MR) is 58.9 cm³/mol. The first-order chi connectivity index (χ1) is 7.58. The van der Waals surface area contributed by atoms with Gasteiger partial charge in [-0.05, 0) is 13.3 Å². The van der Waals surface area contributed by atoms with E-state index in [9.17, 15) is 9.59 Å². The van der Waals surface area contributed by atoms with Crippen molar-refractivity contribution < 1.29 is 14.3 Å². The Balaban J connectivity index is 1.92. The highest BCUT2D eigenvalue weighted by atomic mass is 16.5. The van der Waals surface area contributed by atoms with Gasteiger partial charge in [0, 0.05) is 25.4 Å². The fourth-order valence-electron chi connectivity index (χ4n) is 2.46. The van der Waals surface area contributed by atoms with Gasteiger partial charge in [0.2, 0.25) is 5.91 Å². The number of ether oxygens (including phenoxy) is 1. The summed E-state index contributed by atoms with van der Waals surface area (Å²) in [7, 11) is 0. The topological polar surface area (TPSA) is 46.6 Å². The van der Waals surface area contributed by atoms with Crippen LogP contribution in [0.25, 0.3) is 0 Å². The summed E-state index contributed by atoms with van der Waals surface area (Å²) in [4.78, 5) is 25.3. The number of nitrogens with zero attached hydrogens (tertiary/aromatic N) is 1. The normalized spacial score (nSPS) is 35.5. The third-order valence-corrected chi connectivity index (χ3v) is 3.53. The van der Waals surface area contributed by atoms with Gasteiger partial charge in [0.15, 0.2) is 0 Å². The van der Waals surface area contributed by atoms with E-state index in [0.717, 1.165) is 6.42 Å². The number of rotatable bonds is 1. The van der Waals surface area contributed by atoms with Crippen LogP contribution in [0.1, 0.15) is 26.7 Å². The van der Waals surface area contributed by atoms with Gasteiger partial charge in [-0.2, -0.15) is 0 Å². The summed E-state index contributed by atoms with van der Waals surface area (Å²) in [5.74, 6) is 0.455. The van der Waals surface area contributed by atoms with E-state index in [1.54, 1.807) is 0 Å². The molecule has 0 aromatic carbocycles. The summed E-state index contributed by atoms with van der Waals surface area (Å²) in [6.07, 6.45) is 1.52. The van der Waals surface area contributed by atoms with Crippen molar-refractivity contribution in [2.45, 2.75) is 32.8 Å². The van der Waals surface area contributed by atoms with Crippen LogP contribution in [-0.2, 0) is 14.3 Å². The summed E-state index contributed by atoms with van der Waals surface area (Å²) in [5.41, 5.74) is 0. The van der Waals surface area contributed by atoms with E-state index in [2.05, 4.69) is 0 Å². The minimum absolute atomic E-state index is 0.00237. The lowest BCUT2D eigenvalue weighted by atomic mass is 9.96. The zero-order chi connectivity index (χ0) is 11.7. The van der Waals surface area contributed by atoms with Gasteiger partial charge in [-0.1, -0.05) is 6.92 Å². The summed E-state index contributed by atoms with van der Waals surface area (Å²) in [6, 6.07) is 0. The maximum Gasteiger partial charge on any atom is 0.228 e. The van der Waals surface area contributed by atoms with Crippen LogP contribution in [0.2, 0.25) is 0 Å². The van der Waals surface area contributed by atoms with E-state index in [1.807, 2.05) is 18.7 Å². The maximum atomic E-state index is 12.1. The molecule has 2 aliphatic heterocycles. The van der Waals surface area contributed by atoms with Crippen molar-refractivity contribution in [2.75, 3.05) is 19.7 Å². The Hall–Kier alpha value is -0.900. The second-order valence-corrected chi connectivity index (χ2v) is 4.98. The zero-order valence-electron chi connectivity index (χ0n) is 9.94. The zero-order valence-corrected chi connectivity index (χ0v) is 9.94. The molecule has 4 nitrogen and oxygen atoms in total. The first-order valence-corrected chi connectivity index (χ1v) is 6.01. The molecule has 0 N–H and O–H groups in total. The molecule has 0 aromatic rings. The number of ketones is 1. The molecule has 3 unspecified atom stereocenters. The van der Waals surface area contributed by atoms with Gasteiger partial charge in [0.25, 0.3) is 0 Å². The second kappa shape index (κ2) is 4.53.